The molecule has 0 aromatic heterocycles. The zero-order chi connectivity index (χ0) is 10.1. The summed E-state index contributed by atoms with van der Waals surface area (Å²) >= 11 is 8.83. The predicted octanol–water partition coefficient (Wildman–Crippen LogP) is 1.72. The Labute approximate surface area is 89.4 Å². The lowest BCUT2D eigenvalue weighted by atomic mass is 10.3. The fourth-order valence-corrected chi connectivity index (χ4v) is 2.08. The van der Waals surface area contributed by atoms with E-state index in [1.54, 1.807) is 12.1 Å². The van der Waals surface area contributed by atoms with Crippen LogP contribution in [0.15, 0.2) is 22.7 Å². The van der Waals surface area contributed by atoms with Gasteiger partial charge in [0.25, 0.3) is 10.2 Å². The lowest BCUT2D eigenvalue weighted by Crippen LogP contribution is -2.21. The first kappa shape index (κ1) is 10.8. The molecular formula is C6H6BrClN2O2S. The molecule has 0 atom stereocenters. The van der Waals surface area contributed by atoms with Gasteiger partial charge in [-0.05, 0) is 18.2 Å². The van der Waals surface area contributed by atoms with E-state index in [0.29, 0.717) is 15.2 Å². The van der Waals surface area contributed by atoms with E-state index in [-0.39, 0.29) is 0 Å². The molecule has 0 aliphatic carbocycles. The Morgan fingerprint density at radius 1 is 1.38 bits per heavy atom. The van der Waals surface area contributed by atoms with Crippen molar-refractivity contribution in [2.24, 2.45) is 5.14 Å². The SMILES string of the molecule is NS(=O)(=O)Nc1cc(Cl)cc(Br)c1. The summed E-state index contributed by atoms with van der Waals surface area (Å²) in [5.41, 5.74) is 0.321. The van der Waals surface area contributed by atoms with Crippen molar-refractivity contribution in [1.82, 2.24) is 0 Å². The maximum absolute atomic E-state index is 10.6. The largest absolute Gasteiger partial charge is 0.296 e. The molecule has 0 spiro atoms. The van der Waals surface area contributed by atoms with Gasteiger partial charge in [-0.1, -0.05) is 27.5 Å². The van der Waals surface area contributed by atoms with Crippen LogP contribution in [0.5, 0.6) is 0 Å². The Balaban J connectivity index is 3.03. The molecule has 0 heterocycles. The third kappa shape index (κ3) is 3.95. The second-order valence-corrected chi connectivity index (χ2v) is 4.95. The molecule has 0 fully saturated rings. The lowest BCUT2D eigenvalue weighted by Gasteiger charge is -2.03. The number of rotatable bonds is 2. The van der Waals surface area contributed by atoms with Crippen molar-refractivity contribution in [1.29, 1.82) is 0 Å². The topological polar surface area (TPSA) is 72.2 Å². The van der Waals surface area contributed by atoms with Crippen LogP contribution in [0, 0.1) is 0 Å². The summed E-state index contributed by atoms with van der Waals surface area (Å²) in [7, 11) is -3.74. The molecule has 0 radical (unpaired) electrons. The van der Waals surface area contributed by atoms with E-state index in [9.17, 15) is 8.42 Å². The number of nitrogens with two attached hydrogens (primary N) is 1. The molecule has 1 aromatic carbocycles. The Bertz CT molecular complexity index is 400. The van der Waals surface area contributed by atoms with Crippen molar-refractivity contribution in [3.8, 4) is 0 Å². The highest BCUT2D eigenvalue weighted by Gasteiger charge is 2.03. The Morgan fingerprint density at radius 3 is 2.46 bits per heavy atom. The average molecular weight is 286 g/mol. The number of nitrogens with one attached hydrogen (secondary N) is 1. The highest BCUT2D eigenvalue weighted by Crippen LogP contribution is 2.22. The molecule has 0 unspecified atom stereocenters. The molecule has 72 valence electrons. The zero-order valence-electron chi connectivity index (χ0n) is 6.29. The molecular weight excluding hydrogens is 280 g/mol. The minimum atomic E-state index is -3.74. The molecule has 0 saturated carbocycles. The number of hydrogen-bond acceptors (Lipinski definition) is 2. The fourth-order valence-electron chi connectivity index (χ4n) is 0.777. The molecule has 13 heavy (non-hydrogen) atoms. The van der Waals surface area contributed by atoms with Gasteiger partial charge in [0, 0.05) is 9.50 Å². The monoisotopic (exact) mass is 284 g/mol. The van der Waals surface area contributed by atoms with Gasteiger partial charge in [-0.3, -0.25) is 4.72 Å². The van der Waals surface area contributed by atoms with E-state index in [1.807, 2.05) is 0 Å². The number of benzene rings is 1. The number of hydrogen-bond donors (Lipinski definition) is 2. The molecule has 1 aromatic rings. The predicted molar refractivity (Wildman–Crippen MR) is 55.9 cm³/mol. The summed E-state index contributed by atoms with van der Waals surface area (Å²) in [6.45, 7) is 0. The summed E-state index contributed by atoms with van der Waals surface area (Å²) in [5, 5.41) is 5.19. The van der Waals surface area contributed by atoms with Gasteiger partial charge in [-0.2, -0.15) is 8.42 Å². The van der Waals surface area contributed by atoms with Gasteiger partial charge >= 0.3 is 0 Å². The van der Waals surface area contributed by atoms with Crippen molar-refractivity contribution >= 4 is 43.4 Å². The minimum Gasteiger partial charge on any atom is -0.271 e. The van der Waals surface area contributed by atoms with Gasteiger partial charge < -0.3 is 0 Å². The molecule has 7 heteroatoms. The third-order valence-electron chi connectivity index (χ3n) is 1.12. The van der Waals surface area contributed by atoms with Crippen LogP contribution in [0.2, 0.25) is 5.02 Å². The summed E-state index contributed by atoms with van der Waals surface area (Å²) in [5.74, 6) is 0. The first-order valence-electron chi connectivity index (χ1n) is 3.13. The zero-order valence-corrected chi connectivity index (χ0v) is 9.45. The van der Waals surface area contributed by atoms with Crippen LogP contribution in [-0.4, -0.2) is 8.42 Å². The smallest absolute Gasteiger partial charge is 0.271 e. The van der Waals surface area contributed by atoms with Crippen molar-refractivity contribution in [3.63, 3.8) is 0 Å². The quantitative estimate of drug-likeness (QED) is 0.868. The van der Waals surface area contributed by atoms with E-state index >= 15 is 0 Å². The van der Waals surface area contributed by atoms with Gasteiger partial charge in [-0.25, -0.2) is 5.14 Å². The van der Waals surface area contributed by atoms with Crippen molar-refractivity contribution < 1.29 is 8.42 Å². The standard InChI is InChI=1S/C6H6BrClN2O2S/c7-4-1-5(8)3-6(2-4)10-13(9,11)12/h1-3,10H,(H2,9,11,12). The second kappa shape index (κ2) is 3.83. The van der Waals surface area contributed by atoms with Gasteiger partial charge in [0.1, 0.15) is 0 Å². The maximum atomic E-state index is 10.6. The molecule has 4 nitrogen and oxygen atoms in total. The van der Waals surface area contributed by atoms with E-state index in [1.165, 1.54) is 6.07 Å². The fraction of sp³-hybridized carbons (Fsp3) is 0. The number of anilines is 1. The molecule has 0 aliphatic heterocycles. The summed E-state index contributed by atoms with van der Waals surface area (Å²) in [6, 6.07) is 4.64. The van der Waals surface area contributed by atoms with Crippen LogP contribution in [-0.2, 0) is 10.2 Å². The molecule has 3 N–H and O–H groups in total. The van der Waals surface area contributed by atoms with Crippen molar-refractivity contribution in [2.75, 3.05) is 4.72 Å². The van der Waals surface area contributed by atoms with Crippen LogP contribution in [0.1, 0.15) is 0 Å². The number of halogens is 2. The normalized spacial score (nSPS) is 11.3. The molecule has 0 aliphatic rings. The van der Waals surface area contributed by atoms with Gasteiger partial charge in [0.15, 0.2) is 0 Å². The summed E-state index contributed by atoms with van der Waals surface area (Å²) < 4.78 is 24.0. The van der Waals surface area contributed by atoms with Crippen LogP contribution < -0.4 is 9.86 Å². The van der Waals surface area contributed by atoms with Gasteiger partial charge in [-0.15, -0.1) is 0 Å². The van der Waals surface area contributed by atoms with Crippen molar-refractivity contribution in [2.45, 2.75) is 0 Å². The molecule has 0 amide bonds. The van der Waals surface area contributed by atoms with Crippen molar-refractivity contribution in [3.05, 3.63) is 27.7 Å². The van der Waals surface area contributed by atoms with Gasteiger partial charge in [0.2, 0.25) is 0 Å². The van der Waals surface area contributed by atoms with Crippen LogP contribution in [0.4, 0.5) is 5.69 Å². The van der Waals surface area contributed by atoms with Crippen LogP contribution in [0.25, 0.3) is 0 Å². The second-order valence-electron chi connectivity index (χ2n) is 2.31. The van der Waals surface area contributed by atoms with Crippen LogP contribution >= 0.6 is 27.5 Å². The highest BCUT2D eigenvalue weighted by molar-refractivity contribution is 9.10. The first-order valence-corrected chi connectivity index (χ1v) is 5.85. The highest BCUT2D eigenvalue weighted by atomic mass is 79.9. The summed E-state index contributed by atoms with van der Waals surface area (Å²) in [4.78, 5) is 0. The minimum absolute atomic E-state index is 0.321. The maximum Gasteiger partial charge on any atom is 0.296 e. The Kier molecular flexibility index (Phi) is 3.18. The van der Waals surface area contributed by atoms with E-state index in [0.717, 1.165) is 0 Å². The Hall–Kier alpha value is -0.300. The molecule has 0 bridgehead atoms. The molecule has 1 rings (SSSR count). The van der Waals surface area contributed by atoms with Crippen LogP contribution in [0.3, 0.4) is 0 Å². The lowest BCUT2D eigenvalue weighted by molar-refractivity contribution is 0.603. The summed E-state index contributed by atoms with van der Waals surface area (Å²) in [6.07, 6.45) is 0. The van der Waals surface area contributed by atoms with E-state index in [2.05, 4.69) is 20.7 Å². The Morgan fingerprint density at radius 2 is 2.00 bits per heavy atom. The van der Waals surface area contributed by atoms with E-state index in [4.69, 9.17) is 16.7 Å². The average Bonchev–Trinajstić information content (AvgIpc) is 1.78. The molecule has 0 saturated heterocycles. The van der Waals surface area contributed by atoms with Gasteiger partial charge in [0.05, 0.1) is 5.69 Å². The third-order valence-corrected chi connectivity index (χ3v) is 2.32. The first-order chi connectivity index (χ1) is 5.87. The van der Waals surface area contributed by atoms with E-state index < -0.39 is 10.2 Å².